The number of hydrogen-bond donors (Lipinski definition) is 0. The summed E-state index contributed by atoms with van der Waals surface area (Å²) >= 11 is 6.57. The Hall–Kier alpha value is -3.14. The molecule has 1 heterocycles. The number of sulfonamides is 2. The fraction of sp³-hybridized carbons (Fsp3) is 0.240. The first-order valence-electron chi connectivity index (χ1n) is 11.6. The zero-order valence-electron chi connectivity index (χ0n) is 20.8. The Balaban J connectivity index is 0.000000266. The number of alkyl halides is 6. The van der Waals surface area contributed by atoms with Crippen molar-refractivity contribution in [2.75, 3.05) is 13.1 Å². The summed E-state index contributed by atoms with van der Waals surface area (Å²) in [6.07, 6.45) is 0. The highest BCUT2D eigenvalue weighted by atomic mass is 35.5. The molecule has 3 aromatic rings. The van der Waals surface area contributed by atoms with Gasteiger partial charge in [-0.2, -0.15) is 26.3 Å². The molecule has 0 bridgehead atoms. The average molecular weight is 642 g/mol. The predicted octanol–water partition coefficient (Wildman–Crippen LogP) is 5.87. The molecule has 0 fully saturated rings. The monoisotopic (exact) mass is 641 g/mol. The third kappa shape index (κ3) is 8.44. The van der Waals surface area contributed by atoms with Gasteiger partial charge in [-0.1, -0.05) is 84.4 Å². The molecule has 0 radical (unpaired) electrons. The maximum absolute atomic E-state index is 11.4. The van der Waals surface area contributed by atoms with E-state index < -0.39 is 31.1 Å². The SMILES string of the molecule is Clc1ccccc1C1=[N+](Cc2ccccc2)CCN1Cc1ccccc1.O=S(=O)([N-]S(=O)(=O)C(F)(F)F)C(F)(F)F. The van der Waals surface area contributed by atoms with Crippen molar-refractivity contribution in [2.24, 2.45) is 0 Å². The summed E-state index contributed by atoms with van der Waals surface area (Å²) in [7, 11) is -13.4. The molecule has 41 heavy (non-hydrogen) atoms. The van der Waals surface area contributed by atoms with Crippen molar-refractivity contribution < 1.29 is 47.8 Å². The van der Waals surface area contributed by atoms with Crippen LogP contribution in [0.2, 0.25) is 5.02 Å². The molecule has 1 aliphatic heterocycles. The first-order valence-corrected chi connectivity index (χ1v) is 14.8. The molecule has 1 aliphatic rings. The third-order valence-electron chi connectivity index (χ3n) is 5.57. The number of halogens is 7. The summed E-state index contributed by atoms with van der Waals surface area (Å²) < 4.78 is 112. The lowest BCUT2D eigenvalue weighted by atomic mass is 10.1. The van der Waals surface area contributed by atoms with E-state index in [1.807, 2.05) is 12.1 Å². The van der Waals surface area contributed by atoms with Crippen molar-refractivity contribution in [3.63, 3.8) is 0 Å². The number of benzene rings is 3. The van der Waals surface area contributed by atoms with E-state index in [0.29, 0.717) is 0 Å². The van der Waals surface area contributed by atoms with E-state index in [4.69, 9.17) is 11.6 Å². The van der Waals surface area contributed by atoms with Gasteiger partial charge in [0.1, 0.15) is 26.2 Å². The molecule has 222 valence electrons. The first-order chi connectivity index (χ1) is 19.0. The van der Waals surface area contributed by atoms with Crippen LogP contribution in [0.15, 0.2) is 84.9 Å². The predicted molar refractivity (Wildman–Crippen MR) is 141 cm³/mol. The van der Waals surface area contributed by atoms with Crippen LogP contribution >= 0.6 is 11.6 Å². The molecule has 0 N–H and O–H groups in total. The number of rotatable bonds is 7. The van der Waals surface area contributed by atoms with Gasteiger partial charge in [0.25, 0.3) is 5.84 Å². The molecule has 3 aromatic carbocycles. The Morgan fingerprint density at radius 1 is 0.732 bits per heavy atom. The molecule has 0 saturated carbocycles. The normalized spacial score (nSPS) is 14.6. The van der Waals surface area contributed by atoms with Crippen molar-refractivity contribution in [3.8, 4) is 0 Å². The van der Waals surface area contributed by atoms with Gasteiger partial charge in [-0.05, 0) is 23.3 Å². The number of amidine groups is 1. The zero-order valence-corrected chi connectivity index (χ0v) is 23.2. The third-order valence-corrected chi connectivity index (χ3v) is 8.64. The fourth-order valence-corrected chi connectivity index (χ4v) is 5.70. The van der Waals surface area contributed by atoms with Gasteiger partial charge in [-0.25, -0.2) is 16.8 Å². The van der Waals surface area contributed by atoms with Crippen LogP contribution in [0.4, 0.5) is 26.3 Å². The van der Waals surface area contributed by atoms with Gasteiger partial charge >= 0.3 is 11.0 Å². The van der Waals surface area contributed by atoms with Gasteiger partial charge in [0.2, 0.25) is 0 Å². The van der Waals surface area contributed by atoms with Gasteiger partial charge < -0.3 is 4.13 Å². The molecular formula is C25H22ClF6N3O4S2. The number of hydrogen-bond acceptors (Lipinski definition) is 5. The van der Waals surface area contributed by atoms with Crippen molar-refractivity contribution in [3.05, 3.63) is 111 Å². The summed E-state index contributed by atoms with van der Waals surface area (Å²) in [5.41, 5.74) is -8.66. The topological polar surface area (TPSA) is 88.6 Å². The quantitative estimate of drug-likeness (QED) is 0.238. The first kappa shape index (κ1) is 32.4. The van der Waals surface area contributed by atoms with E-state index in [0.717, 1.165) is 40.9 Å². The van der Waals surface area contributed by atoms with E-state index in [1.165, 1.54) is 17.0 Å². The van der Waals surface area contributed by atoms with E-state index in [9.17, 15) is 43.2 Å². The minimum atomic E-state index is -6.72. The molecular weight excluding hydrogens is 620 g/mol. The second-order valence-electron chi connectivity index (χ2n) is 8.53. The van der Waals surface area contributed by atoms with E-state index >= 15 is 0 Å². The second kappa shape index (κ2) is 12.8. The van der Waals surface area contributed by atoms with Gasteiger partial charge in [0.05, 0.1) is 10.6 Å². The molecule has 0 amide bonds. The van der Waals surface area contributed by atoms with Crippen LogP contribution in [0, 0.1) is 0 Å². The standard InChI is InChI=1S/C23H22ClN2.C2F6NO4S2/c24-22-14-8-7-13-21(22)23-25(17-19-9-3-1-4-10-19)15-16-26(23)18-20-11-5-2-6-12-20;3-1(4,5)14(10,11)9-15(12,13)2(6,7)8/h1-14H,15-18H2;/q+1;-1. The zero-order chi connectivity index (χ0) is 30.5. The lowest BCUT2D eigenvalue weighted by molar-refractivity contribution is -0.533. The largest absolute Gasteiger partial charge is 0.480 e. The van der Waals surface area contributed by atoms with E-state index in [2.05, 4.69) is 82.3 Å². The fourth-order valence-electron chi connectivity index (χ4n) is 3.77. The second-order valence-corrected chi connectivity index (χ2v) is 12.4. The maximum Gasteiger partial charge on any atom is 0.480 e. The van der Waals surface area contributed by atoms with Crippen LogP contribution in [-0.4, -0.2) is 56.3 Å². The van der Waals surface area contributed by atoms with Crippen LogP contribution in [0.3, 0.4) is 0 Å². The van der Waals surface area contributed by atoms with Crippen molar-refractivity contribution in [1.29, 1.82) is 0 Å². The highest BCUT2D eigenvalue weighted by Crippen LogP contribution is 2.36. The van der Waals surface area contributed by atoms with Crippen LogP contribution in [0.25, 0.3) is 4.13 Å². The van der Waals surface area contributed by atoms with Gasteiger partial charge in [-0.3, -0.25) is 9.48 Å². The molecule has 0 saturated heterocycles. The van der Waals surface area contributed by atoms with Gasteiger partial charge in [0.15, 0.2) is 20.0 Å². The molecule has 4 rings (SSSR count). The summed E-state index contributed by atoms with van der Waals surface area (Å²) in [4.78, 5) is 2.44. The number of nitrogens with zero attached hydrogens (tertiary/aromatic N) is 3. The maximum atomic E-state index is 11.4. The summed E-state index contributed by atoms with van der Waals surface area (Å²) in [6.45, 7) is 3.80. The van der Waals surface area contributed by atoms with Gasteiger partial charge in [0, 0.05) is 0 Å². The van der Waals surface area contributed by atoms with Crippen molar-refractivity contribution in [1.82, 2.24) is 4.90 Å². The summed E-state index contributed by atoms with van der Waals surface area (Å²) in [6, 6.07) is 29.4. The smallest absolute Gasteiger partial charge is 0.421 e. The molecule has 0 unspecified atom stereocenters. The van der Waals surface area contributed by atoms with Crippen LogP contribution in [0.1, 0.15) is 16.7 Å². The Bertz CT molecular complexity index is 1540. The van der Waals surface area contributed by atoms with E-state index in [-0.39, 0.29) is 0 Å². The summed E-state index contributed by atoms with van der Waals surface area (Å²) in [5, 5.41) is 0.806. The van der Waals surface area contributed by atoms with E-state index in [1.54, 1.807) is 0 Å². The molecule has 16 heteroatoms. The molecule has 0 aromatic heterocycles. The average Bonchev–Trinajstić information content (AvgIpc) is 3.25. The van der Waals surface area contributed by atoms with Crippen molar-refractivity contribution in [2.45, 2.75) is 24.1 Å². The Morgan fingerprint density at radius 2 is 1.20 bits per heavy atom. The minimum Gasteiger partial charge on any atom is -0.421 e. The van der Waals surface area contributed by atoms with Crippen LogP contribution < -0.4 is 0 Å². The molecule has 0 atom stereocenters. The highest BCUT2D eigenvalue weighted by molar-refractivity contribution is 8.13. The Morgan fingerprint density at radius 3 is 1.68 bits per heavy atom. The van der Waals surface area contributed by atoms with Crippen molar-refractivity contribution >= 4 is 37.5 Å². The lowest BCUT2D eigenvalue weighted by Crippen LogP contribution is -2.30. The highest BCUT2D eigenvalue weighted by Gasteiger charge is 2.47. The minimum absolute atomic E-state index is 0.778. The Kier molecular flexibility index (Phi) is 10.1. The Labute approximate surface area is 237 Å². The summed E-state index contributed by atoms with van der Waals surface area (Å²) in [5.74, 6) is 1.23. The molecule has 7 nitrogen and oxygen atoms in total. The van der Waals surface area contributed by atoms with Crippen LogP contribution in [0.5, 0.6) is 0 Å². The lowest BCUT2D eigenvalue weighted by Gasteiger charge is -2.22. The molecule has 0 aliphatic carbocycles. The van der Waals surface area contributed by atoms with Crippen LogP contribution in [-0.2, 0) is 33.1 Å². The molecule has 0 spiro atoms. The van der Waals surface area contributed by atoms with Gasteiger partial charge in [-0.15, -0.1) is 0 Å².